The third-order valence-electron chi connectivity index (χ3n) is 4.16. The summed E-state index contributed by atoms with van der Waals surface area (Å²) in [5.74, 6) is 1.99. The SMILES string of the molecule is COc1ccccc1OCC1(C(=O)CSC(C)=O)SCCN1n1ccnc1. The van der Waals surface area contributed by atoms with Gasteiger partial charge in [-0.3, -0.25) is 19.3 Å². The zero-order valence-corrected chi connectivity index (χ0v) is 16.8. The second-order valence-corrected chi connectivity index (χ2v) is 8.37. The molecular formula is C18H21N3O4S2. The third kappa shape index (κ3) is 4.24. The normalized spacial score (nSPS) is 19.1. The first-order valence-corrected chi connectivity index (χ1v) is 10.4. The van der Waals surface area contributed by atoms with Crippen molar-refractivity contribution in [3.63, 3.8) is 0 Å². The van der Waals surface area contributed by atoms with Crippen LogP contribution in [0.25, 0.3) is 0 Å². The average Bonchev–Trinajstić information content (AvgIpc) is 3.34. The van der Waals surface area contributed by atoms with Gasteiger partial charge < -0.3 is 9.47 Å². The Labute approximate surface area is 166 Å². The molecule has 144 valence electrons. The molecule has 1 saturated heterocycles. The van der Waals surface area contributed by atoms with Crippen LogP contribution < -0.4 is 14.5 Å². The molecule has 0 N–H and O–H groups in total. The highest BCUT2D eigenvalue weighted by molar-refractivity contribution is 8.14. The van der Waals surface area contributed by atoms with Crippen molar-refractivity contribution >= 4 is 34.4 Å². The van der Waals surface area contributed by atoms with Gasteiger partial charge in [-0.25, -0.2) is 4.98 Å². The van der Waals surface area contributed by atoms with E-state index in [0.717, 1.165) is 17.5 Å². The van der Waals surface area contributed by atoms with Crippen LogP contribution in [0.15, 0.2) is 43.0 Å². The summed E-state index contributed by atoms with van der Waals surface area (Å²) in [6.07, 6.45) is 5.13. The van der Waals surface area contributed by atoms with Crippen LogP contribution in [0.3, 0.4) is 0 Å². The smallest absolute Gasteiger partial charge is 0.194 e. The number of methoxy groups -OCH3 is 1. The third-order valence-corrected chi connectivity index (χ3v) is 6.40. The second kappa shape index (κ2) is 8.71. The summed E-state index contributed by atoms with van der Waals surface area (Å²) in [5, 5.41) is 1.87. The van der Waals surface area contributed by atoms with E-state index in [1.165, 1.54) is 18.7 Å². The predicted octanol–water partition coefficient (Wildman–Crippen LogP) is 2.20. The van der Waals surface area contributed by atoms with Crippen LogP contribution in [0.4, 0.5) is 0 Å². The molecule has 0 saturated carbocycles. The van der Waals surface area contributed by atoms with Gasteiger partial charge in [0.15, 0.2) is 27.3 Å². The lowest BCUT2D eigenvalue weighted by Crippen LogP contribution is -2.58. The molecule has 27 heavy (non-hydrogen) atoms. The van der Waals surface area contributed by atoms with Gasteiger partial charge in [0.05, 0.1) is 12.9 Å². The van der Waals surface area contributed by atoms with Gasteiger partial charge in [0.1, 0.15) is 12.9 Å². The van der Waals surface area contributed by atoms with Gasteiger partial charge in [-0.1, -0.05) is 23.9 Å². The molecular weight excluding hydrogens is 386 g/mol. The molecule has 0 bridgehead atoms. The van der Waals surface area contributed by atoms with Crippen molar-refractivity contribution in [3.05, 3.63) is 43.0 Å². The van der Waals surface area contributed by atoms with E-state index in [1.807, 2.05) is 34.0 Å². The Hall–Kier alpha value is -2.13. The van der Waals surface area contributed by atoms with Gasteiger partial charge in [0.2, 0.25) is 0 Å². The minimum absolute atomic E-state index is 0.0613. The molecule has 0 amide bonds. The Morgan fingerprint density at radius 3 is 2.78 bits per heavy atom. The van der Waals surface area contributed by atoms with Crippen LogP contribution in [0.1, 0.15) is 6.92 Å². The summed E-state index contributed by atoms with van der Waals surface area (Å²) < 4.78 is 13.2. The predicted molar refractivity (Wildman–Crippen MR) is 107 cm³/mol. The van der Waals surface area contributed by atoms with E-state index in [1.54, 1.807) is 25.8 Å². The lowest BCUT2D eigenvalue weighted by Gasteiger charge is -2.37. The summed E-state index contributed by atoms with van der Waals surface area (Å²) >= 11 is 2.55. The number of ketones is 1. The first kappa shape index (κ1) is 19.6. The Morgan fingerprint density at radius 2 is 2.11 bits per heavy atom. The fourth-order valence-corrected chi connectivity index (χ4v) is 4.84. The Kier molecular flexibility index (Phi) is 6.33. The second-order valence-electron chi connectivity index (χ2n) is 5.84. The van der Waals surface area contributed by atoms with Crippen LogP contribution in [0.5, 0.6) is 11.5 Å². The maximum Gasteiger partial charge on any atom is 0.194 e. The first-order chi connectivity index (χ1) is 13.1. The summed E-state index contributed by atoms with van der Waals surface area (Å²) in [7, 11) is 1.58. The number of para-hydroxylation sites is 2. The summed E-state index contributed by atoms with van der Waals surface area (Å²) in [5.41, 5.74) is 0. The topological polar surface area (TPSA) is 73.7 Å². The van der Waals surface area contributed by atoms with Crippen LogP contribution in [0, 0.1) is 0 Å². The lowest BCUT2D eigenvalue weighted by molar-refractivity contribution is -0.120. The van der Waals surface area contributed by atoms with Crippen molar-refractivity contribution in [1.82, 2.24) is 9.66 Å². The molecule has 2 aromatic rings. The molecule has 1 aromatic heterocycles. The van der Waals surface area contributed by atoms with E-state index >= 15 is 0 Å². The van der Waals surface area contributed by atoms with Crippen molar-refractivity contribution in [2.75, 3.05) is 36.8 Å². The highest BCUT2D eigenvalue weighted by Gasteiger charge is 2.49. The molecule has 1 aromatic carbocycles. The average molecular weight is 408 g/mol. The molecule has 9 heteroatoms. The fourth-order valence-electron chi connectivity index (χ4n) is 2.87. The minimum Gasteiger partial charge on any atom is -0.493 e. The molecule has 2 heterocycles. The molecule has 0 spiro atoms. The zero-order chi connectivity index (χ0) is 19.3. The van der Waals surface area contributed by atoms with Gasteiger partial charge in [0.25, 0.3) is 0 Å². The molecule has 0 aliphatic carbocycles. The van der Waals surface area contributed by atoms with Gasteiger partial charge in [0, 0.05) is 31.6 Å². The number of hydrogen-bond acceptors (Lipinski definition) is 8. The number of carbonyl (C=O) groups excluding carboxylic acids is 2. The molecule has 7 nitrogen and oxygen atoms in total. The standard InChI is InChI=1S/C18H21N3O4S2/c1-14(22)26-11-17(23)18(12-25-16-6-4-3-5-15(16)24-2)21(9-10-27-18)20-8-7-19-13-20/h3-8,13H,9-12H2,1-2H3. The van der Waals surface area contributed by atoms with Crippen molar-refractivity contribution in [1.29, 1.82) is 0 Å². The van der Waals surface area contributed by atoms with Crippen LogP contribution >= 0.6 is 23.5 Å². The van der Waals surface area contributed by atoms with E-state index < -0.39 is 4.87 Å². The number of hydrogen-bond donors (Lipinski definition) is 0. The number of aromatic nitrogens is 2. The quantitative estimate of drug-likeness (QED) is 0.659. The van der Waals surface area contributed by atoms with Gasteiger partial charge in [-0.15, -0.1) is 11.8 Å². The highest BCUT2D eigenvalue weighted by Crippen LogP contribution is 2.38. The summed E-state index contributed by atoms with van der Waals surface area (Å²) in [4.78, 5) is 27.7. The molecule has 1 atom stereocenters. The maximum absolute atomic E-state index is 13.2. The van der Waals surface area contributed by atoms with Crippen molar-refractivity contribution < 1.29 is 19.1 Å². The van der Waals surface area contributed by atoms with Crippen molar-refractivity contribution in [2.24, 2.45) is 0 Å². The van der Waals surface area contributed by atoms with E-state index in [9.17, 15) is 9.59 Å². The highest BCUT2D eigenvalue weighted by atomic mass is 32.2. The molecule has 1 unspecified atom stereocenters. The van der Waals surface area contributed by atoms with Crippen molar-refractivity contribution in [3.8, 4) is 11.5 Å². The monoisotopic (exact) mass is 407 g/mol. The molecule has 0 radical (unpaired) electrons. The van der Waals surface area contributed by atoms with E-state index in [4.69, 9.17) is 9.47 Å². The summed E-state index contributed by atoms with van der Waals surface area (Å²) in [6, 6.07) is 7.33. The number of imidazole rings is 1. The van der Waals surface area contributed by atoms with Gasteiger partial charge in [-0.2, -0.15) is 0 Å². The number of Topliss-reactive ketones (excluding diaryl/α,β-unsaturated/α-hetero) is 1. The summed E-state index contributed by atoms with van der Waals surface area (Å²) in [6.45, 7) is 2.27. The van der Waals surface area contributed by atoms with E-state index in [0.29, 0.717) is 18.0 Å². The number of ether oxygens (including phenoxy) is 2. The Balaban J connectivity index is 1.87. The minimum atomic E-state index is -0.940. The van der Waals surface area contributed by atoms with Crippen LogP contribution in [-0.2, 0) is 9.59 Å². The van der Waals surface area contributed by atoms with E-state index in [-0.39, 0.29) is 23.3 Å². The number of benzene rings is 1. The Morgan fingerprint density at radius 1 is 1.33 bits per heavy atom. The number of rotatable bonds is 8. The van der Waals surface area contributed by atoms with Crippen molar-refractivity contribution in [2.45, 2.75) is 11.8 Å². The van der Waals surface area contributed by atoms with E-state index in [2.05, 4.69) is 4.98 Å². The van der Waals surface area contributed by atoms with Crippen LogP contribution in [-0.4, -0.2) is 57.2 Å². The molecule has 1 aliphatic heterocycles. The zero-order valence-electron chi connectivity index (χ0n) is 15.2. The fraction of sp³-hybridized carbons (Fsp3) is 0.389. The first-order valence-electron chi connectivity index (χ1n) is 8.39. The lowest BCUT2D eigenvalue weighted by atomic mass is 10.2. The maximum atomic E-state index is 13.2. The molecule has 3 rings (SSSR count). The Bertz CT molecular complexity index is 800. The number of nitrogens with zero attached hydrogens (tertiary/aromatic N) is 3. The molecule has 1 aliphatic rings. The molecule has 1 fully saturated rings. The largest absolute Gasteiger partial charge is 0.493 e. The number of carbonyl (C=O) groups is 2. The van der Waals surface area contributed by atoms with Gasteiger partial charge in [-0.05, 0) is 12.1 Å². The van der Waals surface area contributed by atoms with Crippen LogP contribution in [0.2, 0.25) is 0 Å². The van der Waals surface area contributed by atoms with Gasteiger partial charge >= 0.3 is 0 Å². The number of thioether (sulfide) groups is 2.